The van der Waals surface area contributed by atoms with Crippen LogP contribution in [0.3, 0.4) is 0 Å². The van der Waals surface area contributed by atoms with Crippen molar-refractivity contribution in [2.75, 3.05) is 26.9 Å². The van der Waals surface area contributed by atoms with Crippen molar-refractivity contribution in [1.29, 1.82) is 0 Å². The van der Waals surface area contributed by atoms with Crippen molar-refractivity contribution < 1.29 is 28.9 Å². The van der Waals surface area contributed by atoms with Gasteiger partial charge in [-0.15, -0.1) is 0 Å². The molecule has 7 nitrogen and oxygen atoms in total. The van der Waals surface area contributed by atoms with E-state index < -0.39 is 17.7 Å². The van der Waals surface area contributed by atoms with Gasteiger partial charge >= 0.3 is 0 Å². The summed E-state index contributed by atoms with van der Waals surface area (Å²) in [5, 5.41) is 11.3. The molecule has 0 spiro atoms. The van der Waals surface area contributed by atoms with Gasteiger partial charge in [0, 0.05) is 25.8 Å². The number of ether oxygens (including phenoxy) is 3. The van der Waals surface area contributed by atoms with Crippen LogP contribution in [0.5, 0.6) is 11.5 Å². The van der Waals surface area contributed by atoms with Gasteiger partial charge in [0.25, 0.3) is 11.7 Å². The molecule has 0 radical (unpaired) electrons. The fourth-order valence-electron chi connectivity index (χ4n) is 4.63. The van der Waals surface area contributed by atoms with Crippen LogP contribution in [0.2, 0.25) is 0 Å². The van der Waals surface area contributed by atoms with Gasteiger partial charge in [-0.3, -0.25) is 9.59 Å². The molecular formula is C33H37NO6. The highest BCUT2D eigenvalue weighted by molar-refractivity contribution is 6.46. The first-order valence-corrected chi connectivity index (χ1v) is 13.7. The maximum Gasteiger partial charge on any atom is 0.295 e. The van der Waals surface area contributed by atoms with E-state index in [9.17, 15) is 14.7 Å². The summed E-state index contributed by atoms with van der Waals surface area (Å²) in [6.07, 6.45) is 2.55. The summed E-state index contributed by atoms with van der Waals surface area (Å²) in [5.74, 6) is -0.208. The zero-order chi connectivity index (χ0) is 28.5. The van der Waals surface area contributed by atoms with Gasteiger partial charge in [0.15, 0.2) is 0 Å². The number of Topliss-reactive ketones (excluding diaryl/α,β-unsaturated/α-hetero) is 1. The average Bonchev–Trinajstić information content (AvgIpc) is 3.22. The molecule has 3 aromatic rings. The van der Waals surface area contributed by atoms with E-state index in [1.165, 1.54) is 10.5 Å². The van der Waals surface area contributed by atoms with E-state index in [2.05, 4.69) is 6.92 Å². The number of rotatable bonds is 13. The number of benzene rings is 3. The lowest BCUT2D eigenvalue weighted by molar-refractivity contribution is -0.140. The lowest BCUT2D eigenvalue weighted by atomic mass is 9.95. The number of unbranched alkanes of at least 4 members (excludes halogenated alkanes) is 1. The Labute approximate surface area is 236 Å². The molecule has 1 atom stereocenters. The molecular weight excluding hydrogens is 506 g/mol. The molecule has 0 aromatic heterocycles. The van der Waals surface area contributed by atoms with Crippen LogP contribution >= 0.6 is 0 Å². The molecule has 7 heteroatoms. The third kappa shape index (κ3) is 6.90. The van der Waals surface area contributed by atoms with E-state index in [1.807, 2.05) is 55.5 Å². The second-order valence-electron chi connectivity index (χ2n) is 9.91. The van der Waals surface area contributed by atoms with Gasteiger partial charge in [-0.2, -0.15) is 0 Å². The number of aliphatic hydroxyl groups excluding tert-OH is 1. The third-order valence-electron chi connectivity index (χ3n) is 6.90. The molecule has 40 heavy (non-hydrogen) atoms. The quantitative estimate of drug-likeness (QED) is 0.119. The number of aryl methyl sites for hydroxylation is 1. The lowest BCUT2D eigenvalue weighted by Gasteiger charge is -2.25. The largest absolute Gasteiger partial charge is 0.507 e. The van der Waals surface area contributed by atoms with Crippen LogP contribution in [0, 0.1) is 6.92 Å². The fourth-order valence-corrected chi connectivity index (χ4v) is 4.63. The van der Waals surface area contributed by atoms with Gasteiger partial charge in [-0.05, 0) is 67.3 Å². The van der Waals surface area contributed by atoms with Gasteiger partial charge in [0.1, 0.15) is 23.9 Å². The molecule has 0 unspecified atom stereocenters. The van der Waals surface area contributed by atoms with E-state index >= 15 is 0 Å². The van der Waals surface area contributed by atoms with Crippen molar-refractivity contribution in [1.82, 2.24) is 4.90 Å². The van der Waals surface area contributed by atoms with Crippen LogP contribution in [-0.2, 0) is 20.9 Å². The predicted molar refractivity (Wildman–Crippen MR) is 154 cm³/mol. The summed E-state index contributed by atoms with van der Waals surface area (Å²) in [4.78, 5) is 27.9. The second kappa shape index (κ2) is 13.8. The standard InChI is InChI=1S/C33H37NO6/c1-4-5-21-39-27-15-11-25(12-16-27)30-29(32(36)33(37)34(30)19-6-20-38-3)31(35)26-13-17-28(18-14-26)40-22-24-9-7-23(2)8-10-24/h7-18,30,35H,4-6,19-22H2,1-3H3/t30-/m0/s1. The normalized spacial score (nSPS) is 16.4. The zero-order valence-corrected chi connectivity index (χ0v) is 23.4. The van der Waals surface area contributed by atoms with Crippen LogP contribution in [0.25, 0.3) is 5.76 Å². The molecule has 1 N–H and O–H groups in total. The first-order valence-electron chi connectivity index (χ1n) is 13.7. The van der Waals surface area contributed by atoms with Crippen molar-refractivity contribution in [3.05, 3.63) is 101 Å². The molecule has 1 saturated heterocycles. The molecule has 0 saturated carbocycles. The molecule has 0 aliphatic carbocycles. The molecule has 1 fully saturated rings. The Bertz CT molecular complexity index is 1310. The molecule has 0 bridgehead atoms. The number of methoxy groups -OCH3 is 1. The van der Waals surface area contributed by atoms with Gasteiger partial charge in [-0.1, -0.05) is 55.3 Å². The number of likely N-dealkylation sites (tertiary alicyclic amines) is 1. The van der Waals surface area contributed by atoms with Crippen molar-refractivity contribution >= 4 is 17.4 Å². The number of carbonyl (C=O) groups is 2. The Morgan fingerprint density at radius 3 is 2.15 bits per heavy atom. The summed E-state index contributed by atoms with van der Waals surface area (Å²) in [6.45, 7) is 5.94. The van der Waals surface area contributed by atoms with E-state index in [0.717, 1.165) is 29.7 Å². The summed E-state index contributed by atoms with van der Waals surface area (Å²) in [6, 6.07) is 21.6. The van der Waals surface area contributed by atoms with Crippen LogP contribution in [0.15, 0.2) is 78.4 Å². The predicted octanol–water partition coefficient (Wildman–Crippen LogP) is 6.21. The summed E-state index contributed by atoms with van der Waals surface area (Å²) in [5.41, 5.74) is 3.45. The number of amides is 1. The summed E-state index contributed by atoms with van der Waals surface area (Å²) >= 11 is 0. The maximum atomic E-state index is 13.2. The van der Waals surface area contributed by atoms with Gasteiger partial charge < -0.3 is 24.2 Å². The Kier molecular flexibility index (Phi) is 9.97. The number of carbonyl (C=O) groups excluding carboxylic acids is 2. The SMILES string of the molecule is CCCCOc1ccc([C@H]2C(=C(O)c3ccc(OCc4ccc(C)cc4)cc3)C(=O)C(=O)N2CCCOC)cc1. The molecule has 1 heterocycles. The minimum absolute atomic E-state index is 0.0652. The minimum atomic E-state index is -0.723. The monoisotopic (exact) mass is 543 g/mol. The van der Waals surface area contributed by atoms with Crippen molar-refractivity contribution in [2.45, 2.75) is 45.8 Å². The number of hydrogen-bond donors (Lipinski definition) is 1. The van der Waals surface area contributed by atoms with Crippen molar-refractivity contribution in [2.24, 2.45) is 0 Å². The Hall–Kier alpha value is -4.10. The highest BCUT2D eigenvalue weighted by Gasteiger charge is 2.45. The molecule has 3 aromatic carbocycles. The van der Waals surface area contributed by atoms with Gasteiger partial charge in [0.2, 0.25) is 0 Å². The summed E-state index contributed by atoms with van der Waals surface area (Å²) in [7, 11) is 1.59. The minimum Gasteiger partial charge on any atom is -0.507 e. The van der Waals surface area contributed by atoms with E-state index in [4.69, 9.17) is 14.2 Å². The Morgan fingerprint density at radius 1 is 0.850 bits per heavy atom. The van der Waals surface area contributed by atoms with Gasteiger partial charge in [-0.25, -0.2) is 0 Å². The van der Waals surface area contributed by atoms with Gasteiger partial charge in [0.05, 0.1) is 18.2 Å². The van der Waals surface area contributed by atoms with Crippen LogP contribution < -0.4 is 9.47 Å². The lowest BCUT2D eigenvalue weighted by Crippen LogP contribution is -2.31. The number of ketones is 1. The Balaban J connectivity index is 1.60. The van der Waals surface area contributed by atoms with Crippen LogP contribution in [-0.4, -0.2) is 48.6 Å². The smallest absolute Gasteiger partial charge is 0.295 e. The number of nitrogens with zero attached hydrogens (tertiary/aromatic N) is 1. The third-order valence-corrected chi connectivity index (χ3v) is 6.90. The summed E-state index contributed by atoms with van der Waals surface area (Å²) < 4.78 is 16.8. The molecule has 210 valence electrons. The first kappa shape index (κ1) is 28.9. The van der Waals surface area contributed by atoms with E-state index in [1.54, 1.807) is 31.4 Å². The number of hydrogen-bond acceptors (Lipinski definition) is 6. The highest BCUT2D eigenvalue weighted by atomic mass is 16.5. The average molecular weight is 544 g/mol. The molecule has 4 rings (SSSR count). The molecule has 1 aliphatic heterocycles. The first-order chi connectivity index (χ1) is 19.4. The zero-order valence-electron chi connectivity index (χ0n) is 23.4. The topological polar surface area (TPSA) is 85.3 Å². The highest BCUT2D eigenvalue weighted by Crippen LogP contribution is 2.40. The van der Waals surface area contributed by atoms with E-state index in [0.29, 0.717) is 44.1 Å². The second-order valence-corrected chi connectivity index (χ2v) is 9.91. The van der Waals surface area contributed by atoms with Crippen molar-refractivity contribution in [3.63, 3.8) is 0 Å². The maximum absolute atomic E-state index is 13.2. The number of aliphatic hydroxyl groups is 1. The van der Waals surface area contributed by atoms with Crippen LogP contribution in [0.4, 0.5) is 0 Å². The fraction of sp³-hybridized carbons (Fsp3) is 0.333. The molecule has 1 aliphatic rings. The Morgan fingerprint density at radius 2 is 1.50 bits per heavy atom. The van der Waals surface area contributed by atoms with E-state index in [-0.39, 0.29) is 11.3 Å². The van der Waals surface area contributed by atoms with Crippen LogP contribution in [0.1, 0.15) is 54.5 Å². The molecule has 1 amide bonds. The van der Waals surface area contributed by atoms with Crippen molar-refractivity contribution in [3.8, 4) is 11.5 Å².